The molecule has 1 aromatic heterocycles. The van der Waals surface area contributed by atoms with Crippen LogP contribution in [0.5, 0.6) is 0 Å². The Balaban J connectivity index is 2.13. The van der Waals surface area contributed by atoms with Crippen molar-refractivity contribution >= 4 is 11.6 Å². The lowest BCUT2D eigenvalue weighted by molar-refractivity contribution is -0.117. The first kappa shape index (κ1) is 13.9. The molecule has 104 valence electrons. The van der Waals surface area contributed by atoms with Gasteiger partial charge >= 0.3 is 0 Å². The van der Waals surface area contributed by atoms with Crippen molar-refractivity contribution in [3.05, 3.63) is 42.7 Å². The van der Waals surface area contributed by atoms with Crippen LogP contribution < -0.4 is 11.1 Å². The summed E-state index contributed by atoms with van der Waals surface area (Å²) >= 11 is 0. The minimum Gasteiger partial charge on any atom is -0.325 e. The van der Waals surface area contributed by atoms with Crippen LogP contribution in [-0.2, 0) is 4.79 Å². The maximum Gasteiger partial charge on any atom is 0.241 e. The summed E-state index contributed by atoms with van der Waals surface area (Å²) in [6, 6.07) is 4.87. The first-order valence-corrected chi connectivity index (χ1v) is 6.13. The van der Waals surface area contributed by atoms with Crippen molar-refractivity contribution in [1.82, 2.24) is 20.2 Å². The second-order valence-electron chi connectivity index (χ2n) is 4.38. The SMILES string of the molecule is C=CCC(N)C(=O)Nc1ccc(-n2cnnn2)c(C)c1. The Morgan fingerprint density at radius 2 is 2.40 bits per heavy atom. The summed E-state index contributed by atoms with van der Waals surface area (Å²) in [5, 5.41) is 13.8. The van der Waals surface area contributed by atoms with Crippen molar-refractivity contribution in [2.24, 2.45) is 5.73 Å². The minimum atomic E-state index is -0.591. The van der Waals surface area contributed by atoms with Gasteiger partial charge in [0, 0.05) is 5.69 Å². The molecule has 0 aliphatic rings. The second-order valence-corrected chi connectivity index (χ2v) is 4.38. The summed E-state index contributed by atoms with van der Waals surface area (Å²) in [7, 11) is 0. The quantitative estimate of drug-likeness (QED) is 0.785. The number of amides is 1. The van der Waals surface area contributed by atoms with Crippen LogP contribution in [0, 0.1) is 6.92 Å². The molecular formula is C13H16N6O. The minimum absolute atomic E-state index is 0.237. The maximum absolute atomic E-state index is 11.8. The van der Waals surface area contributed by atoms with E-state index in [1.807, 2.05) is 19.1 Å². The number of carbonyl (C=O) groups is 1. The number of tetrazole rings is 1. The van der Waals surface area contributed by atoms with Crippen LogP contribution >= 0.6 is 0 Å². The number of nitrogens with two attached hydrogens (primary N) is 1. The molecular weight excluding hydrogens is 256 g/mol. The van der Waals surface area contributed by atoms with E-state index in [1.54, 1.807) is 16.8 Å². The molecule has 0 aliphatic carbocycles. The predicted molar refractivity (Wildman–Crippen MR) is 75.3 cm³/mol. The van der Waals surface area contributed by atoms with Crippen molar-refractivity contribution in [2.75, 3.05) is 5.32 Å². The van der Waals surface area contributed by atoms with E-state index in [9.17, 15) is 4.79 Å². The molecule has 3 N–H and O–H groups in total. The van der Waals surface area contributed by atoms with E-state index in [0.29, 0.717) is 12.1 Å². The molecule has 0 aliphatic heterocycles. The molecule has 2 aromatic rings. The zero-order valence-corrected chi connectivity index (χ0v) is 11.2. The van der Waals surface area contributed by atoms with Gasteiger partial charge in [-0.1, -0.05) is 6.08 Å². The average molecular weight is 272 g/mol. The molecule has 0 saturated heterocycles. The molecule has 20 heavy (non-hydrogen) atoms. The van der Waals surface area contributed by atoms with Gasteiger partial charge in [-0.25, -0.2) is 4.68 Å². The normalized spacial score (nSPS) is 11.9. The summed E-state index contributed by atoms with van der Waals surface area (Å²) in [4.78, 5) is 11.8. The Bertz CT molecular complexity index is 607. The van der Waals surface area contributed by atoms with Crippen LogP contribution in [-0.4, -0.2) is 32.2 Å². The van der Waals surface area contributed by atoms with E-state index in [-0.39, 0.29) is 5.91 Å². The van der Waals surface area contributed by atoms with Gasteiger partial charge in [0.2, 0.25) is 5.91 Å². The lowest BCUT2D eigenvalue weighted by Crippen LogP contribution is -2.35. The number of nitrogens with zero attached hydrogens (tertiary/aromatic N) is 4. The van der Waals surface area contributed by atoms with Gasteiger partial charge in [0.25, 0.3) is 0 Å². The van der Waals surface area contributed by atoms with Crippen LogP contribution in [0.15, 0.2) is 37.2 Å². The predicted octanol–water partition coefficient (Wildman–Crippen LogP) is 0.813. The summed E-state index contributed by atoms with van der Waals surface area (Å²) in [6.07, 6.45) is 3.57. The van der Waals surface area contributed by atoms with E-state index < -0.39 is 6.04 Å². The van der Waals surface area contributed by atoms with E-state index in [0.717, 1.165) is 11.3 Å². The molecule has 1 atom stereocenters. The highest BCUT2D eigenvalue weighted by Gasteiger charge is 2.12. The fraction of sp³-hybridized carbons (Fsp3) is 0.231. The zero-order chi connectivity index (χ0) is 14.5. The number of carbonyl (C=O) groups excluding carboxylic acids is 1. The topological polar surface area (TPSA) is 98.7 Å². The molecule has 0 saturated carbocycles. The highest BCUT2D eigenvalue weighted by Crippen LogP contribution is 2.18. The molecule has 1 aromatic carbocycles. The van der Waals surface area contributed by atoms with Gasteiger partial charge in [-0.2, -0.15) is 0 Å². The number of benzene rings is 1. The molecule has 0 fully saturated rings. The summed E-state index contributed by atoms with van der Waals surface area (Å²) in [5.74, 6) is -0.237. The van der Waals surface area contributed by atoms with Gasteiger partial charge in [0.05, 0.1) is 11.7 Å². The number of aromatic nitrogens is 4. The Hall–Kier alpha value is -2.54. The van der Waals surface area contributed by atoms with Gasteiger partial charge < -0.3 is 11.1 Å². The number of anilines is 1. The van der Waals surface area contributed by atoms with E-state index in [2.05, 4.69) is 27.4 Å². The van der Waals surface area contributed by atoms with E-state index >= 15 is 0 Å². The monoisotopic (exact) mass is 272 g/mol. The Labute approximate surface area is 116 Å². The third-order valence-electron chi connectivity index (χ3n) is 2.82. The van der Waals surface area contributed by atoms with Crippen LogP contribution in [0.3, 0.4) is 0 Å². The smallest absolute Gasteiger partial charge is 0.241 e. The second kappa shape index (κ2) is 6.07. The van der Waals surface area contributed by atoms with E-state index in [4.69, 9.17) is 5.73 Å². The Morgan fingerprint density at radius 3 is 3.00 bits per heavy atom. The Kier molecular flexibility index (Phi) is 4.21. The van der Waals surface area contributed by atoms with Crippen LogP contribution in [0.2, 0.25) is 0 Å². The molecule has 1 heterocycles. The van der Waals surface area contributed by atoms with Gasteiger partial charge in [-0.05, 0) is 47.5 Å². The first-order valence-electron chi connectivity index (χ1n) is 6.13. The van der Waals surface area contributed by atoms with Crippen molar-refractivity contribution in [3.63, 3.8) is 0 Å². The highest BCUT2D eigenvalue weighted by molar-refractivity contribution is 5.94. The third-order valence-corrected chi connectivity index (χ3v) is 2.82. The number of rotatable bonds is 5. The van der Waals surface area contributed by atoms with Gasteiger partial charge in [-0.15, -0.1) is 11.7 Å². The van der Waals surface area contributed by atoms with Crippen molar-refractivity contribution in [2.45, 2.75) is 19.4 Å². The maximum atomic E-state index is 11.8. The van der Waals surface area contributed by atoms with Crippen molar-refractivity contribution < 1.29 is 4.79 Å². The molecule has 7 heteroatoms. The highest BCUT2D eigenvalue weighted by atomic mass is 16.2. The molecule has 1 unspecified atom stereocenters. The number of hydrogen-bond donors (Lipinski definition) is 2. The molecule has 0 bridgehead atoms. The number of nitrogens with one attached hydrogen (secondary N) is 1. The largest absolute Gasteiger partial charge is 0.325 e. The number of hydrogen-bond acceptors (Lipinski definition) is 5. The average Bonchev–Trinajstić information content (AvgIpc) is 2.93. The van der Waals surface area contributed by atoms with Crippen LogP contribution in [0.1, 0.15) is 12.0 Å². The lowest BCUT2D eigenvalue weighted by atomic mass is 10.1. The molecule has 7 nitrogen and oxygen atoms in total. The molecule has 2 rings (SSSR count). The number of aryl methyl sites for hydroxylation is 1. The van der Waals surface area contributed by atoms with Gasteiger partial charge in [0.1, 0.15) is 6.33 Å². The lowest BCUT2D eigenvalue weighted by Gasteiger charge is -2.12. The van der Waals surface area contributed by atoms with Crippen molar-refractivity contribution in [3.8, 4) is 5.69 Å². The fourth-order valence-corrected chi connectivity index (χ4v) is 1.78. The first-order chi connectivity index (χ1) is 9.61. The van der Waals surface area contributed by atoms with E-state index in [1.165, 1.54) is 6.33 Å². The molecule has 1 amide bonds. The van der Waals surface area contributed by atoms with Crippen LogP contribution in [0.25, 0.3) is 5.69 Å². The summed E-state index contributed by atoms with van der Waals surface area (Å²) in [6.45, 7) is 5.48. The molecule has 0 spiro atoms. The summed E-state index contributed by atoms with van der Waals surface area (Å²) < 4.78 is 1.56. The zero-order valence-electron chi connectivity index (χ0n) is 11.2. The molecule has 0 radical (unpaired) electrons. The van der Waals surface area contributed by atoms with Crippen LogP contribution in [0.4, 0.5) is 5.69 Å². The Morgan fingerprint density at radius 1 is 1.60 bits per heavy atom. The third kappa shape index (κ3) is 3.07. The van der Waals surface area contributed by atoms with Gasteiger partial charge in [0.15, 0.2) is 0 Å². The van der Waals surface area contributed by atoms with Gasteiger partial charge in [-0.3, -0.25) is 4.79 Å². The standard InChI is InChI=1S/C13H16N6O/c1-3-4-11(14)13(20)16-10-5-6-12(9(2)7-10)19-8-15-17-18-19/h3,5-8,11H,1,4,14H2,2H3,(H,16,20). The fourth-order valence-electron chi connectivity index (χ4n) is 1.78. The summed E-state index contributed by atoms with van der Waals surface area (Å²) in [5.41, 5.74) is 8.18. The van der Waals surface area contributed by atoms with Crippen molar-refractivity contribution in [1.29, 1.82) is 0 Å².